The Morgan fingerprint density at radius 1 is 1.21 bits per heavy atom. The van der Waals surface area contributed by atoms with Crippen molar-refractivity contribution in [3.63, 3.8) is 0 Å². The van der Waals surface area contributed by atoms with E-state index in [1.807, 2.05) is 24.3 Å². The smallest absolute Gasteiger partial charge is 0.127 e. The monoisotopic (exact) mass is 262 g/mol. The zero-order valence-electron chi connectivity index (χ0n) is 11.7. The van der Waals surface area contributed by atoms with E-state index >= 15 is 0 Å². The Morgan fingerprint density at radius 3 is 2.26 bits per heavy atom. The highest BCUT2D eigenvalue weighted by atomic mass is 16.5. The normalized spacial score (nSPS) is 17.8. The van der Waals surface area contributed by atoms with Crippen molar-refractivity contribution < 1.29 is 9.47 Å². The molecule has 1 aromatic carbocycles. The fourth-order valence-electron chi connectivity index (χ4n) is 2.58. The van der Waals surface area contributed by atoms with E-state index in [-0.39, 0.29) is 6.04 Å². The molecule has 0 aliphatic carbocycles. The third-order valence-corrected chi connectivity index (χ3v) is 3.53. The molecule has 4 heteroatoms. The third kappa shape index (κ3) is 2.91. The quantitative estimate of drug-likeness (QED) is 0.821. The molecule has 1 aliphatic rings. The van der Waals surface area contributed by atoms with Gasteiger partial charge in [0, 0.05) is 26.2 Å². The first-order valence-electron chi connectivity index (χ1n) is 6.60. The van der Waals surface area contributed by atoms with Gasteiger partial charge in [-0.2, -0.15) is 0 Å². The first kappa shape index (κ1) is 13.9. The Kier molecular flexibility index (Phi) is 4.82. The van der Waals surface area contributed by atoms with Gasteiger partial charge in [-0.1, -0.05) is 12.1 Å². The molecule has 1 aliphatic heterocycles. The van der Waals surface area contributed by atoms with E-state index in [4.69, 9.17) is 9.47 Å². The zero-order chi connectivity index (χ0) is 13.7. The molecule has 1 heterocycles. The number of ether oxygens (including phenoxy) is 2. The van der Waals surface area contributed by atoms with E-state index < -0.39 is 0 Å². The molecule has 0 radical (unpaired) electrons. The van der Waals surface area contributed by atoms with Crippen LogP contribution in [0.25, 0.3) is 0 Å². The Morgan fingerprint density at radius 2 is 1.79 bits per heavy atom. The Labute approximate surface area is 115 Å². The maximum Gasteiger partial charge on any atom is 0.127 e. The van der Waals surface area contributed by atoms with E-state index in [2.05, 4.69) is 16.8 Å². The molecular weight excluding hydrogens is 240 g/mol. The summed E-state index contributed by atoms with van der Waals surface area (Å²) in [4.78, 5) is 2.39. The zero-order valence-corrected chi connectivity index (χ0v) is 11.7. The molecule has 19 heavy (non-hydrogen) atoms. The number of hydrogen-bond donors (Lipinski definition) is 1. The summed E-state index contributed by atoms with van der Waals surface area (Å²) < 4.78 is 11.0. The summed E-state index contributed by atoms with van der Waals surface area (Å²) in [5.74, 6) is 1.70. The minimum Gasteiger partial charge on any atom is -0.496 e. The predicted molar refractivity (Wildman–Crippen MR) is 76.9 cm³/mol. The van der Waals surface area contributed by atoms with Crippen LogP contribution < -0.4 is 14.8 Å². The van der Waals surface area contributed by atoms with Gasteiger partial charge in [0.2, 0.25) is 0 Å². The lowest BCUT2D eigenvalue weighted by Crippen LogP contribution is -2.44. The molecule has 104 valence electrons. The van der Waals surface area contributed by atoms with Crippen molar-refractivity contribution in [1.29, 1.82) is 0 Å². The maximum absolute atomic E-state index is 5.49. The van der Waals surface area contributed by atoms with Crippen LogP contribution in [-0.2, 0) is 0 Å². The summed E-state index contributed by atoms with van der Waals surface area (Å²) in [6.45, 7) is 7.99. The summed E-state index contributed by atoms with van der Waals surface area (Å²) in [7, 11) is 3.38. The SMILES string of the molecule is C=C[C@H](c1c(OC)cccc1OC)N1CCNCC1. The van der Waals surface area contributed by atoms with Crippen LogP contribution in [0.4, 0.5) is 0 Å². The van der Waals surface area contributed by atoms with Gasteiger partial charge in [-0.3, -0.25) is 4.90 Å². The van der Waals surface area contributed by atoms with Crippen molar-refractivity contribution in [2.45, 2.75) is 6.04 Å². The van der Waals surface area contributed by atoms with Crippen LogP contribution in [0.15, 0.2) is 30.9 Å². The lowest BCUT2D eigenvalue weighted by Gasteiger charge is -2.34. The first-order chi connectivity index (χ1) is 9.31. The van der Waals surface area contributed by atoms with Gasteiger partial charge >= 0.3 is 0 Å². The van der Waals surface area contributed by atoms with Crippen molar-refractivity contribution in [3.8, 4) is 11.5 Å². The number of benzene rings is 1. The van der Waals surface area contributed by atoms with Crippen LogP contribution in [0.5, 0.6) is 11.5 Å². The largest absolute Gasteiger partial charge is 0.496 e. The Balaban J connectivity index is 2.38. The Bertz CT molecular complexity index is 406. The number of piperazine rings is 1. The molecule has 1 aromatic rings. The van der Waals surface area contributed by atoms with E-state index in [0.717, 1.165) is 43.2 Å². The van der Waals surface area contributed by atoms with Gasteiger partial charge < -0.3 is 14.8 Å². The highest BCUT2D eigenvalue weighted by Crippen LogP contribution is 2.37. The number of nitrogens with one attached hydrogen (secondary N) is 1. The van der Waals surface area contributed by atoms with Gasteiger partial charge in [-0.15, -0.1) is 6.58 Å². The van der Waals surface area contributed by atoms with Crippen LogP contribution in [0.1, 0.15) is 11.6 Å². The van der Waals surface area contributed by atoms with Gasteiger partial charge in [0.15, 0.2) is 0 Å². The van der Waals surface area contributed by atoms with Gasteiger partial charge in [-0.25, -0.2) is 0 Å². The number of methoxy groups -OCH3 is 2. The third-order valence-electron chi connectivity index (χ3n) is 3.53. The summed E-state index contributed by atoms with van der Waals surface area (Å²) in [6.07, 6.45) is 1.96. The molecule has 0 saturated carbocycles. The van der Waals surface area contributed by atoms with Crippen molar-refractivity contribution >= 4 is 0 Å². The van der Waals surface area contributed by atoms with Crippen molar-refractivity contribution in [2.75, 3.05) is 40.4 Å². The molecule has 0 aromatic heterocycles. The Hall–Kier alpha value is -1.52. The van der Waals surface area contributed by atoms with E-state index in [9.17, 15) is 0 Å². The van der Waals surface area contributed by atoms with Crippen LogP contribution in [0.3, 0.4) is 0 Å². The van der Waals surface area contributed by atoms with Gasteiger partial charge in [0.1, 0.15) is 11.5 Å². The van der Waals surface area contributed by atoms with Crippen molar-refractivity contribution in [2.24, 2.45) is 0 Å². The summed E-state index contributed by atoms with van der Waals surface area (Å²) >= 11 is 0. The number of nitrogens with zero attached hydrogens (tertiary/aromatic N) is 1. The molecule has 1 atom stereocenters. The average molecular weight is 262 g/mol. The molecule has 1 fully saturated rings. The van der Waals surface area contributed by atoms with Crippen LogP contribution >= 0.6 is 0 Å². The highest BCUT2D eigenvalue weighted by molar-refractivity contribution is 5.48. The van der Waals surface area contributed by atoms with E-state index in [0.29, 0.717) is 0 Å². The van der Waals surface area contributed by atoms with Crippen LogP contribution in [0, 0.1) is 0 Å². The second kappa shape index (κ2) is 6.59. The molecule has 4 nitrogen and oxygen atoms in total. The summed E-state index contributed by atoms with van der Waals surface area (Å²) in [6, 6.07) is 6.00. The molecule has 2 rings (SSSR count). The average Bonchev–Trinajstić information content (AvgIpc) is 2.49. The van der Waals surface area contributed by atoms with Gasteiger partial charge in [0.05, 0.1) is 25.8 Å². The maximum atomic E-state index is 5.49. The van der Waals surface area contributed by atoms with Crippen LogP contribution in [0.2, 0.25) is 0 Å². The summed E-state index contributed by atoms with van der Waals surface area (Å²) in [5, 5.41) is 3.36. The molecule has 0 unspecified atom stereocenters. The molecule has 0 bridgehead atoms. The molecule has 0 spiro atoms. The summed E-state index contributed by atoms with van der Waals surface area (Å²) in [5.41, 5.74) is 1.06. The number of rotatable bonds is 5. The van der Waals surface area contributed by atoms with Crippen LogP contribution in [-0.4, -0.2) is 45.3 Å². The molecule has 1 saturated heterocycles. The second-order valence-electron chi connectivity index (χ2n) is 4.54. The fraction of sp³-hybridized carbons (Fsp3) is 0.467. The van der Waals surface area contributed by atoms with Crippen molar-refractivity contribution in [1.82, 2.24) is 10.2 Å². The lowest BCUT2D eigenvalue weighted by molar-refractivity contribution is 0.197. The minimum absolute atomic E-state index is 0.119. The van der Waals surface area contributed by atoms with E-state index in [1.54, 1.807) is 14.2 Å². The molecule has 0 amide bonds. The molecular formula is C15H22N2O2. The first-order valence-corrected chi connectivity index (χ1v) is 6.60. The minimum atomic E-state index is 0.119. The highest BCUT2D eigenvalue weighted by Gasteiger charge is 2.25. The lowest BCUT2D eigenvalue weighted by atomic mass is 10.0. The van der Waals surface area contributed by atoms with Crippen molar-refractivity contribution in [3.05, 3.63) is 36.4 Å². The van der Waals surface area contributed by atoms with E-state index in [1.165, 1.54) is 0 Å². The fourth-order valence-corrected chi connectivity index (χ4v) is 2.58. The van der Waals surface area contributed by atoms with Gasteiger partial charge in [0.25, 0.3) is 0 Å². The standard InChI is InChI=1S/C15H22N2O2/c1-4-12(17-10-8-16-9-11-17)15-13(18-2)6-5-7-14(15)19-3/h4-7,12,16H,1,8-11H2,2-3H3/t12-/m1/s1. The molecule has 1 N–H and O–H groups in total. The number of hydrogen-bond acceptors (Lipinski definition) is 4. The topological polar surface area (TPSA) is 33.7 Å². The van der Waals surface area contributed by atoms with Gasteiger partial charge in [-0.05, 0) is 12.1 Å². The second-order valence-corrected chi connectivity index (χ2v) is 4.54. The predicted octanol–water partition coefficient (Wildman–Crippen LogP) is 1.84.